The zero-order valence-electron chi connectivity index (χ0n) is 10.1. The standard InChI is InChI=1S/C11H10ClFN4O2/c1-18-6-3-4-7(13)8(5-6)14-10-15-9(12)16-11(17-10)19-2/h3-5H,1-2H3,(H,14,15,16,17). The molecule has 19 heavy (non-hydrogen) atoms. The number of aromatic nitrogens is 3. The first kappa shape index (κ1) is 13.3. The number of hydrogen-bond acceptors (Lipinski definition) is 6. The highest BCUT2D eigenvalue weighted by Crippen LogP contribution is 2.24. The van der Waals surface area contributed by atoms with Crippen molar-refractivity contribution in [3.63, 3.8) is 0 Å². The van der Waals surface area contributed by atoms with E-state index in [1.165, 1.54) is 32.4 Å². The van der Waals surface area contributed by atoms with Crippen LogP contribution >= 0.6 is 11.6 Å². The summed E-state index contributed by atoms with van der Waals surface area (Å²) in [6.07, 6.45) is 0. The van der Waals surface area contributed by atoms with Crippen LogP contribution in [-0.4, -0.2) is 29.2 Å². The first-order chi connectivity index (χ1) is 9.12. The minimum atomic E-state index is -0.476. The number of rotatable bonds is 4. The molecule has 0 radical (unpaired) electrons. The Hall–Kier alpha value is -2.15. The largest absolute Gasteiger partial charge is 0.497 e. The van der Waals surface area contributed by atoms with Crippen LogP contribution in [0.2, 0.25) is 5.28 Å². The summed E-state index contributed by atoms with van der Waals surface area (Å²) in [5.41, 5.74) is 0.156. The molecule has 2 aromatic rings. The lowest BCUT2D eigenvalue weighted by Gasteiger charge is -2.08. The van der Waals surface area contributed by atoms with Crippen LogP contribution in [0.4, 0.5) is 16.0 Å². The summed E-state index contributed by atoms with van der Waals surface area (Å²) < 4.78 is 23.5. The molecule has 0 unspecified atom stereocenters. The molecule has 0 saturated heterocycles. The second kappa shape index (κ2) is 5.66. The molecule has 1 heterocycles. The third-order valence-corrected chi connectivity index (χ3v) is 2.36. The molecule has 100 valence electrons. The predicted molar refractivity (Wildman–Crippen MR) is 67.6 cm³/mol. The first-order valence-corrected chi connectivity index (χ1v) is 5.56. The van der Waals surface area contributed by atoms with Gasteiger partial charge in [-0.15, -0.1) is 0 Å². The van der Waals surface area contributed by atoms with Crippen LogP contribution in [0.5, 0.6) is 11.8 Å². The molecule has 0 saturated carbocycles. The number of nitrogens with one attached hydrogen (secondary N) is 1. The van der Waals surface area contributed by atoms with Gasteiger partial charge in [0, 0.05) is 6.07 Å². The van der Waals surface area contributed by atoms with Gasteiger partial charge in [0.25, 0.3) is 0 Å². The van der Waals surface area contributed by atoms with Gasteiger partial charge in [-0.3, -0.25) is 0 Å². The number of methoxy groups -OCH3 is 2. The molecule has 0 aliphatic heterocycles. The van der Waals surface area contributed by atoms with Gasteiger partial charge < -0.3 is 14.8 Å². The second-order valence-corrected chi connectivity index (χ2v) is 3.72. The van der Waals surface area contributed by atoms with E-state index in [4.69, 9.17) is 21.1 Å². The summed E-state index contributed by atoms with van der Waals surface area (Å²) in [6.45, 7) is 0. The number of halogens is 2. The van der Waals surface area contributed by atoms with E-state index in [1.54, 1.807) is 0 Å². The first-order valence-electron chi connectivity index (χ1n) is 5.18. The van der Waals surface area contributed by atoms with E-state index in [0.29, 0.717) is 5.75 Å². The summed E-state index contributed by atoms with van der Waals surface area (Å²) in [6, 6.07) is 4.27. The number of nitrogens with zero attached hydrogens (tertiary/aromatic N) is 3. The Kier molecular flexibility index (Phi) is 3.96. The Labute approximate surface area is 113 Å². The van der Waals surface area contributed by atoms with Crippen molar-refractivity contribution < 1.29 is 13.9 Å². The van der Waals surface area contributed by atoms with Crippen molar-refractivity contribution in [2.75, 3.05) is 19.5 Å². The van der Waals surface area contributed by atoms with Crippen molar-refractivity contribution in [3.05, 3.63) is 29.3 Å². The summed E-state index contributed by atoms with van der Waals surface area (Å²) in [4.78, 5) is 11.4. The SMILES string of the molecule is COc1ccc(F)c(Nc2nc(Cl)nc(OC)n2)c1. The predicted octanol–water partition coefficient (Wildman–Crippen LogP) is 2.42. The molecule has 0 fully saturated rings. The molecule has 8 heteroatoms. The monoisotopic (exact) mass is 284 g/mol. The van der Waals surface area contributed by atoms with E-state index in [-0.39, 0.29) is 22.9 Å². The lowest BCUT2D eigenvalue weighted by atomic mass is 10.3. The number of benzene rings is 1. The van der Waals surface area contributed by atoms with Gasteiger partial charge in [-0.05, 0) is 23.7 Å². The van der Waals surface area contributed by atoms with Crippen molar-refractivity contribution in [3.8, 4) is 11.8 Å². The molecular formula is C11H10ClFN4O2. The van der Waals surface area contributed by atoms with Crippen LogP contribution in [0, 0.1) is 5.82 Å². The molecule has 0 bridgehead atoms. The lowest BCUT2D eigenvalue weighted by molar-refractivity contribution is 0.379. The molecule has 0 aliphatic carbocycles. The van der Waals surface area contributed by atoms with E-state index < -0.39 is 5.82 Å². The zero-order chi connectivity index (χ0) is 13.8. The third-order valence-electron chi connectivity index (χ3n) is 2.19. The van der Waals surface area contributed by atoms with Crippen LogP contribution in [0.3, 0.4) is 0 Å². The zero-order valence-corrected chi connectivity index (χ0v) is 10.9. The molecular weight excluding hydrogens is 275 g/mol. The van der Waals surface area contributed by atoms with Gasteiger partial charge in [-0.25, -0.2) is 4.39 Å². The highest BCUT2D eigenvalue weighted by atomic mass is 35.5. The average molecular weight is 285 g/mol. The van der Waals surface area contributed by atoms with E-state index >= 15 is 0 Å². The fourth-order valence-electron chi connectivity index (χ4n) is 1.33. The van der Waals surface area contributed by atoms with Crippen LogP contribution in [0.15, 0.2) is 18.2 Å². The van der Waals surface area contributed by atoms with Gasteiger partial charge >= 0.3 is 6.01 Å². The second-order valence-electron chi connectivity index (χ2n) is 3.39. The average Bonchev–Trinajstić information content (AvgIpc) is 2.40. The Morgan fingerprint density at radius 3 is 2.63 bits per heavy atom. The molecule has 0 aliphatic rings. The lowest BCUT2D eigenvalue weighted by Crippen LogP contribution is -2.03. The van der Waals surface area contributed by atoms with E-state index in [1.807, 2.05) is 0 Å². The Bertz CT molecular complexity index is 597. The van der Waals surface area contributed by atoms with Crippen LogP contribution in [0.1, 0.15) is 0 Å². The maximum Gasteiger partial charge on any atom is 0.322 e. The van der Waals surface area contributed by atoms with Crippen LogP contribution in [-0.2, 0) is 0 Å². The van der Waals surface area contributed by atoms with E-state index in [2.05, 4.69) is 20.3 Å². The smallest absolute Gasteiger partial charge is 0.322 e. The van der Waals surface area contributed by atoms with Crippen molar-refractivity contribution in [2.45, 2.75) is 0 Å². The highest BCUT2D eigenvalue weighted by molar-refractivity contribution is 6.28. The molecule has 0 atom stereocenters. The van der Waals surface area contributed by atoms with Gasteiger partial charge in [-0.1, -0.05) is 0 Å². The van der Waals surface area contributed by atoms with Gasteiger partial charge in [0.2, 0.25) is 11.2 Å². The summed E-state index contributed by atoms with van der Waals surface area (Å²) in [7, 11) is 2.88. The van der Waals surface area contributed by atoms with Gasteiger partial charge in [0.05, 0.1) is 19.9 Å². The van der Waals surface area contributed by atoms with Gasteiger partial charge in [-0.2, -0.15) is 15.0 Å². The van der Waals surface area contributed by atoms with Gasteiger partial charge in [0.15, 0.2) is 0 Å². The van der Waals surface area contributed by atoms with Crippen LogP contribution in [0.25, 0.3) is 0 Å². The molecule has 2 rings (SSSR count). The fraction of sp³-hybridized carbons (Fsp3) is 0.182. The molecule has 6 nitrogen and oxygen atoms in total. The Morgan fingerprint density at radius 1 is 1.16 bits per heavy atom. The number of anilines is 2. The quantitative estimate of drug-likeness (QED) is 0.930. The van der Waals surface area contributed by atoms with Crippen LogP contribution < -0.4 is 14.8 Å². The van der Waals surface area contributed by atoms with Crippen molar-refractivity contribution in [2.24, 2.45) is 0 Å². The van der Waals surface area contributed by atoms with Crippen molar-refractivity contribution in [1.82, 2.24) is 15.0 Å². The fourth-order valence-corrected chi connectivity index (χ4v) is 1.48. The number of hydrogen-bond donors (Lipinski definition) is 1. The highest BCUT2D eigenvalue weighted by Gasteiger charge is 2.09. The molecule has 1 aromatic carbocycles. The normalized spacial score (nSPS) is 10.1. The summed E-state index contributed by atoms with van der Waals surface area (Å²) >= 11 is 5.69. The summed E-state index contributed by atoms with van der Waals surface area (Å²) in [5.74, 6) is 0.0938. The molecule has 1 aromatic heterocycles. The third kappa shape index (κ3) is 3.19. The van der Waals surface area contributed by atoms with Gasteiger partial charge in [0.1, 0.15) is 11.6 Å². The maximum absolute atomic E-state index is 13.6. The molecule has 0 amide bonds. The van der Waals surface area contributed by atoms with E-state index in [0.717, 1.165) is 0 Å². The molecule has 1 N–H and O–H groups in total. The minimum Gasteiger partial charge on any atom is -0.497 e. The molecule has 0 spiro atoms. The van der Waals surface area contributed by atoms with Crippen molar-refractivity contribution in [1.29, 1.82) is 0 Å². The Morgan fingerprint density at radius 2 is 1.95 bits per heavy atom. The minimum absolute atomic E-state index is 0.0332. The summed E-state index contributed by atoms with van der Waals surface area (Å²) in [5, 5.41) is 2.62. The topological polar surface area (TPSA) is 69.2 Å². The van der Waals surface area contributed by atoms with Crippen molar-refractivity contribution >= 4 is 23.2 Å². The Balaban J connectivity index is 2.32. The maximum atomic E-state index is 13.6. The van der Waals surface area contributed by atoms with E-state index in [9.17, 15) is 4.39 Å². The number of ether oxygens (including phenoxy) is 2.